The second-order valence-corrected chi connectivity index (χ2v) is 4.20. The number of aromatic nitrogens is 2. The van der Waals surface area contributed by atoms with Gasteiger partial charge < -0.3 is 9.52 Å². The Morgan fingerprint density at radius 1 is 1.42 bits per heavy atom. The minimum absolute atomic E-state index is 0.188. The number of hydrogen-bond acceptors (Lipinski definition) is 3. The van der Waals surface area contributed by atoms with Crippen LogP contribution in [0.15, 0.2) is 41.1 Å². The van der Waals surface area contributed by atoms with Crippen LogP contribution in [0.3, 0.4) is 0 Å². The number of rotatable bonds is 3. The van der Waals surface area contributed by atoms with Crippen molar-refractivity contribution in [1.29, 1.82) is 0 Å². The first-order valence-electron chi connectivity index (χ1n) is 5.98. The topological polar surface area (TPSA) is 68.3 Å². The van der Waals surface area contributed by atoms with Crippen LogP contribution in [-0.4, -0.2) is 20.9 Å². The Hall–Kier alpha value is -2.56. The van der Waals surface area contributed by atoms with Crippen LogP contribution >= 0.6 is 0 Å². The molecule has 1 N–H and O–H groups in total. The molecule has 0 amide bonds. The van der Waals surface area contributed by atoms with Gasteiger partial charge in [0.15, 0.2) is 0 Å². The molecule has 5 heteroatoms. The van der Waals surface area contributed by atoms with Crippen LogP contribution in [0.25, 0.3) is 22.2 Å². The molecule has 0 atom stereocenters. The fourth-order valence-electron chi connectivity index (χ4n) is 2.10. The quantitative estimate of drug-likeness (QED) is 0.782. The number of furan rings is 1. The highest BCUT2D eigenvalue weighted by Gasteiger charge is 2.20. The maximum absolute atomic E-state index is 11.3. The molecule has 0 aliphatic rings. The number of carboxylic acids is 1. The second kappa shape index (κ2) is 4.28. The summed E-state index contributed by atoms with van der Waals surface area (Å²) in [6.45, 7) is 2.53. The van der Waals surface area contributed by atoms with Crippen LogP contribution in [0.5, 0.6) is 0 Å². The molecule has 2 heterocycles. The largest absolute Gasteiger partial charge is 0.478 e. The number of nitrogens with zero attached hydrogens (tertiary/aromatic N) is 2. The molecule has 0 bridgehead atoms. The fraction of sp³-hybridized carbons (Fsp3) is 0.143. The third-order valence-electron chi connectivity index (χ3n) is 3.05. The van der Waals surface area contributed by atoms with Gasteiger partial charge in [-0.25, -0.2) is 4.79 Å². The zero-order valence-corrected chi connectivity index (χ0v) is 10.3. The average molecular weight is 256 g/mol. The van der Waals surface area contributed by atoms with Gasteiger partial charge in [0.1, 0.15) is 23.1 Å². The van der Waals surface area contributed by atoms with Gasteiger partial charge in [-0.3, -0.25) is 4.68 Å². The van der Waals surface area contributed by atoms with Crippen molar-refractivity contribution in [3.63, 3.8) is 0 Å². The molecule has 0 spiro atoms. The Morgan fingerprint density at radius 2 is 2.21 bits per heavy atom. The molecular weight excluding hydrogens is 244 g/mol. The summed E-state index contributed by atoms with van der Waals surface area (Å²) in [6, 6.07) is 7.50. The van der Waals surface area contributed by atoms with E-state index in [1.54, 1.807) is 17.1 Å². The van der Waals surface area contributed by atoms with Crippen LogP contribution in [0.2, 0.25) is 0 Å². The summed E-state index contributed by atoms with van der Waals surface area (Å²) >= 11 is 0. The van der Waals surface area contributed by atoms with E-state index in [-0.39, 0.29) is 5.56 Å². The summed E-state index contributed by atoms with van der Waals surface area (Å²) in [5, 5.41) is 14.4. The van der Waals surface area contributed by atoms with Gasteiger partial charge in [-0.1, -0.05) is 18.2 Å². The molecule has 0 unspecified atom stereocenters. The lowest BCUT2D eigenvalue weighted by Crippen LogP contribution is -1.96. The molecule has 0 radical (unpaired) electrons. The lowest BCUT2D eigenvalue weighted by molar-refractivity contribution is 0.0697. The second-order valence-electron chi connectivity index (χ2n) is 4.20. The van der Waals surface area contributed by atoms with Crippen molar-refractivity contribution in [3.05, 3.63) is 42.3 Å². The van der Waals surface area contributed by atoms with E-state index < -0.39 is 5.97 Å². The molecule has 5 nitrogen and oxygen atoms in total. The van der Waals surface area contributed by atoms with Gasteiger partial charge >= 0.3 is 5.97 Å². The average Bonchev–Trinajstić information content (AvgIpc) is 3.02. The number of fused-ring (bicyclic) bond motifs is 1. The SMILES string of the molecule is CCn1cc(C(=O)O)c(-c2coc3ccccc23)n1. The summed E-state index contributed by atoms with van der Waals surface area (Å²) in [7, 11) is 0. The predicted octanol–water partition coefficient (Wildman–Crippen LogP) is 3.01. The highest BCUT2D eigenvalue weighted by Crippen LogP contribution is 2.31. The monoisotopic (exact) mass is 256 g/mol. The maximum Gasteiger partial charge on any atom is 0.339 e. The van der Waals surface area contributed by atoms with Gasteiger partial charge in [0.05, 0.1) is 0 Å². The highest BCUT2D eigenvalue weighted by atomic mass is 16.4. The first-order chi connectivity index (χ1) is 9.20. The Kier molecular flexibility index (Phi) is 2.59. The highest BCUT2D eigenvalue weighted by molar-refractivity contribution is 6.01. The van der Waals surface area contributed by atoms with Gasteiger partial charge in [-0.05, 0) is 13.0 Å². The minimum atomic E-state index is -0.986. The summed E-state index contributed by atoms with van der Waals surface area (Å²) in [6.07, 6.45) is 3.10. The van der Waals surface area contributed by atoms with E-state index in [9.17, 15) is 9.90 Å². The normalized spacial score (nSPS) is 11.0. The Labute approximate surface area is 109 Å². The van der Waals surface area contributed by atoms with Crippen molar-refractivity contribution >= 4 is 16.9 Å². The number of aryl methyl sites for hydroxylation is 1. The molecule has 0 fully saturated rings. The molecule has 0 aliphatic carbocycles. The third kappa shape index (κ3) is 1.79. The first kappa shape index (κ1) is 11.5. The number of benzene rings is 1. The van der Waals surface area contributed by atoms with E-state index in [1.165, 1.54) is 0 Å². The first-order valence-corrected chi connectivity index (χ1v) is 5.98. The number of carbonyl (C=O) groups is 1. The standard InChI is InChI=1S/C14H12N2O3/c1-2-16-7-10(14(17)18)13(15-16)11-8-19-12-6-4-3-5-9(11)12/h3-8H,2H2,1H3,(H,17,18). The third-order valence-corrected chi connectivity index (χ3v) is 3.05. The summed E-state index contributed by atoms with van der Waals surface area (Å²) in [5.74, 6) is -0.986. The van der Waals surface area contributed by atoms with Gasteiger partial charge in [0.25, 0.3) is 0 Å². The van der Waals surface area contributed by atoms with Crippen LogP contribution < -0.4 is 0 Å². The van der Waals surface area contributed by atoms with Crippen LogP contribution in [0.1, 0.15) is 17.3 Å². The van der Waals surface area contributed by atoms with E-state index in [2.05, 4.69) is 5.10 Å². The van der Waals surface area contributed by atoms with E-state index in [1.807, 2.05) is 31.2 Å². The number of hydrogen-bond donors (Lipinski definition) is 1. The van der Waals surface area contributed by atoms with E-state index >= 15 is 0 Å². The molecule has 3 aromatic rings. The van der Waals surface area contributed by atoms with E-state index in [0.29, 0.717) is 17.8 Å². The number of aromatic carboxylic acids is 1. The minimum Gasteiger partial charge on any atom is -0.478 e. The number of para-hydroxylation sites is 1. The Balaban J connectivity index is 2.26. The maximum atomic E-state index is 11.3. The molecule has 0 saturated heterocycles. The van der Waals surface area contributed by atoms with Crippen molar-refractivity contribution in [2.24, 2.45) is 0 Å². The Morgan fingerprint density at radius 3 is 2.95 bits per heavy atom. The molecule has 0 aliphatic heterocycles. The molecule has 96 valence electrons. The van der Waals surface area contributed by atoms with Crippen molar-refractivity contribution in [3.8, 4) is 11.3 Å². The summed E-state index contributed by atoms with van der Waals surface area (Å²) in [4.78, 5) is 11.3. The zero-order chi connectivity index (χ0) is 13.4. The lowest BCUT2D eigenvalue weighted by Gasteiger charge is -1.95. The van der Waals surface area contributed by atoms with E-state index in [0.717, 1.165) is 11.0 Å². The van der Waals surface area contributed by atoms with Gasteiger partial charge in [-0.15, -0.1) is 0 Å². The van der Waals surface area contributed by atoms with Crippen molar-refractivity contribution in [1.82, 2.24) is 9.78 Å². The molecular formula is C14H12N2O3. The Bertz CT molecular complexity index is 755. The molecule has 1 aromatic carbocycles. The van der Waals surface area contributed by atoms with Crippen molar-refractivity contribution < 1.29 is 14.3 Å². The van der Waals surface area contributed by atoms with Crippen molar-refractivity contribution in [2.45, 2.75) is 13.5 Å². The van der Waals surface area contributed by atoms with Crippen LogP contribution in [0.4, 0.5) is 0 Å². The summed E-state index contributed by atoms with van der Waals surface area (Å²) < 4.78 is 7.05. The predicted molar refractivity (Wildman–Crippen MR) is 70.1 cm³/mol. The smallest absolute Gasteiger partial charge is 0.339 e. The van der Waals surface area contributed by atoms with Gasteiger partial charge in [0, 0.05) is 23.7 Å². The van der Waals surface area contributed by atoms with E-state index in [4.69, 9.17) is 4.42 Å². The molecule has 3 rings (SSSR count). The van der Waals surface area contributed by atoms with Gasteiger partial charge in [0.2, 0.25) is 0 Å². The zero-order valence-electron chi connectivity index (χ0n) is 10.3. The molecule has 19 heavy (non-hydrogen) atoms. The fourth-order valence-corrected chi connectivity index (χ4v) is 2.10. The van der Waals surface area contributed by atoms with Crippen LogP contribution in [0, 0.1) is 0 Å². The molecule has 2 aromatic heterocycles. The number of carboxylic acid groups (broad SMARTS) is 1. The summed E-state index contributed by atoms with van der Waals surface area (Å²) in [5.41, 5.74) is 2.06. The van der Waals surface area contributed by atoms with Crippen molar-refractivity contribution in [2.75, 3.05) is 0 Å². The van der Waals surface area contributed by atoms with Crippen LogP contribution in [-0.2, 0) is 6.54 Å². The van der Waals surface area contributed by atoms with Gasteiger partial charge in [-0.2, -0.15) is 5.10 Å². The molecule has 0 saturated carbocycles. The lowest BCUT2D eigenvalue weighted by atomic mass is 10.1.